The van der Waals surface area contributed by atoms with E-state index in [1.54, 1.807) is 4.74 Å². The lowest BCUT2D eigenvalue weighted by Gasteiger charge is -2.48. The molecule has 0 aromatic carbocycles. The van der Waals surface area contributed by atoms with Gasteiger partial charge in [-0.1, -0.05) is 6.58 Å². The molecule has 0 radical (unpaired) electrons. The Bertz CT molecular complexity index is 1440. The molecule has 0 saturated carbocycles. The first-order valence-corrected chi connectivity index (χ1v) is 11.7. The highest BCUT2D eigenvalue weighted by molar-refractivity contribution is 5.87. The van der Waals surface area contributed by atoms with Crippen LogP contribution in [-0.4, -0.2) is 101 Å². The van der Waals surface area contributed by atoms with E-state index in [2.05, 4.69) is 0 Å². The van der Waals surface area contributed by atoms with Crippen molar-refractivity contribution in [2.24, 2.45) is 0 Å². The molecule has 0 saturated heterocycles. The average molecular weight is 904 g/mol. The molecule has 0 fully saturated rings. The minimum absolute atomic E-state index is 0.411. The normalized spacial score (nSPS) is 17.6. The Labute approximate surface area is 276 Å². The summed E-state index contributed by atoms with van der Waals surface area (Å²) in [5.74, 6) is -122. The second kappa shape index (κ2) is 12.7. The topological polar surface area (TPSA) is 26.3 Å². The van der Waals surface area contributed by atoms with Gasteiger partial charge in [0.2, 0.25) is 0 Å². The first-order chi connectivity index (χ1) is 23.1. The van der Waals surface area contributed by atoms with Gasteiger partial charge in [-0.3, -0.25) is 0 Å². The van der Waals surface area contributed by atoms with Crippen molar-refractivity contribution in [3.8, 4) is 0 Å². The highest BCUT2D eigenvalue weighted by Crippen LogP contribution is 2.70. The second-order valence-electron chi connectivity index (χ2n) is 10.2. The molecule has 328 valence electrons. The molecule has 2 nitrogen and oxygen atoms in total. The van der Waals surface area contributed by atoms with Crippen LogP contribution in [0.3, 0.4) is 0 Å². The average Bonchev–Trinajstić information content (AvgIpc) is 2.93. The van der Waals surface area contributed by atoms with E-state index < -0.39 is 114 Å². The van der Waals surface area contributed by atoms with Gasteiger partial charge in [0.15, 0.2) is 0 Å². The largest absolute Gasteiger partial charge is 0.460 e. The molecule has 0 aliphatic rings. The monoisotopic (exact) mass is 904 g/mol. The standard InChI is InChI=1S/C20H5F33O2/c1-3(2)4(54)55-17(44,14(38,39)7(24,25)6(22,23)5(21,18(45,46)47)19(48,49)50)15(40,41)12(34,35)10(30,31)8(26,27)9(28,29)11(32,33)13(36,37)16(42,43)20(51,52)53/h1H2,2H3. The fourth-order valence-electron chi connectivity index (χ4n) is 3.24. The summed E-state index contributed by atoms with van der Waals surface area (Å²) in [6.07, 6.45) is -26.2. The van der Waals surface area contributed by atoms with E-state index >= 15 is 4.39 Å². The molecule has 1 atom stereocenters. The Hall–Kier alpha value is -3.10. The minimum Gasteiger partial charge on any atom is -0.413 e. The fourth-order valence-corrected chi connectivity index (χ4v) is 3.24. The van der Waals surface area contributed by atoms with Crippen LogP contribution in [0.15, 0.2) is 12.2 Å². The van der Waals surface area contributed by atoms with Crippen LogP contribution in [0.5, 0.6) is 0 Å². The summed E-state index contributed by atoms with van der Waals surface area (Å²) in [6, 6.07) is 0. The molecule has 55 heavy (non-hydrogen) atoms. The third-order valence-electron chi connectivity index (χ3n) is 6.51. The highest BCUT2D eigenvalue weighted by atomic mass is 19.4. The zero-order chi connectivity index (χ0) is 45.9. The van der Waals surface area contributed by atoms with Crippen molar-refractivity contribution in [3.05, 3.63) is 12.2 Å². The molecule has 0 aromatic rings. The van der Waals surface area contributed by atoms with Crippen LogP contribution in [0, 0.1) is 0 Å². The summed E-state index contributed by atoms with van der Waals surface area (Å²) in [7, 11) is 0. The van der Waals surface area contributed by atoms with Crippen molar-refractivity contribution in [2.45, 2.75) is 102 Å². The number of rotatable bonds is 14. The Balaban J connectivity index is 8.45. The molecule has 0 spiro atoms. The summed E-state index contributed by atoms with van der Waals surface area (Å²) >= 11 is 0. The van der Waals surface area contributed by atoms with E-state index in [0.29, 0.717) is 0 Å². The van der Waals surface area contributed by atoms with Crippen molar-refractivity contribution in [1.82, 2.24) is 0 Å². The third-order valence-corrected chi connectivity index (χ3v) is 6.51. The molecule has 1 unspecified atom stereocenters. The SMILES string of the molecule is C=C(C)C(=O)OC(F)(C(F)(F)C(F)(F)C(F)(F)C(F)(F)C(F)(F)C(F)(F)C(F)(F)C(F)(F)C(F)(F)F)C(F)(F)C(F)(F)C(F)(F)C(F)(C(F)(F)F)C(F)(F)F. The van der Waals surface area contributed by atoms with Crippen LogP contribution in [0.4, 0.5) is 145 Å². The van der Waals surface area contributed by atoms with E-state index in [9.17, 15) is 145 Å². The third kappa shape index (κ3) is 6.13. The van der Waals surface area contributed by atoms with Gasteiger partial charge in [-0.15, -0.1) is 0 Å². The van der Waals surface area contributed by atoms with Crippen LogP contribution in [-0.2, 0) is 9.53 Å². The van der Waals surface area contributed by atoms with E-state index in [0.717, 1.165) is 0 Å². The van der Waals surface area contributed by atoms with E-state index in [-0.39, 0.29) is 0 Å². The van der Waals surface area contributed by atoms with Gasteiger partial charge in [0.1, 0.15) is 0 Å². The molecule has 0 rings (SSSR count). The zero-order valence-corrected chi connectivity index (χ0v) is 24.0. The highest BCUT2D eigenvalue weighted by Gasteiger charge is 3.03. The van der Waals surface area contributed by atoms with E-state index in [4.69, 9.17) is 0 Å². The minimum atomic E-state index is -10.2. The maximum atomic E-state index is 15.2. The second-order valence-corrected chi connectivity index (χ2v) is 10.2. The van der Waals surface area contributed by atoms with Gasteiger partial charge in [-0.05, 0) is 6.92 Å². The molecule has 0 amide bonds. The van der Waals surface area contributed by atoms with Gasteiger partial charge in [0.25, 0.3) is 0 Å². The van der Waals surface area contributed by atoms with Crippen LogP contribution in [0.2, 0.25) is 0 Å². The number of halogens is 33. The number of hydrogen-bond donors (Lipinski definition) is 0. The molecule has 0 aliphatic carbocycles. The summed E-state index contributed by atoms with van der Waals surface area (Å²) in [5, 5.41) is 0. The van der Waals surface area contributed by atoms with E-state index in [1.165, 1.54) is 0 Å². The van der Waals surface area contributed by atoms with Gasteiger partial charge in [-0.2, -0.15) is 140 Å². The Morgan fingerprint density at radius 1 is 0.327 bits per heavy atom. The zero-order valence-electron chi connectivity index (χ0n) is 24.0. The van der Waals surface area contributed by atoms with Crippen LogP contribution in [0.1, 0.15) is 6.92 Å². The van der Waals surface area contributed by atoms with Crippen molar-refractivity contribution >= 4 is 5.97 Å². The maximum absolute atomic E-state index is 15.2. The lowest BCUT2D eigenvalue weighted by Crippen LogP contribution is -2.82. The number of hydrogen-bond acceptors (Lipinski definition) is 2. The van der Waals surface area contributed by atoms with Crippen LogP contribution >= 0.6 is 0 Å². The van der Waals surface area contributed by atoms with Crippen LogP contribution in [0.25, 0.3) is 0 Å². The van der Waals surface area contributed by atoms with E-state index in [1.807, 2.05) is 6.58 Å². The lowest BCUT2D eigenvalue weighted by atomic mass is 9.80. The maximum Gasteiger partial charge on any atom is 0.460 e. The summed E-state index contributed by atoms with van der Waals surface area (Å²) in [4.78, 5) is 11.4. The first-order valence-electron chi connectivity index (χ1n) is 11.7. The van der Waals surface area contributed by atoms with Gasteiger partial charge in [-0.25, -0.2) is 9.18 Å². The summed E-state index contributed by atoms with van der Waals surface area (Å²) in [6.45, 7) is 1.50. The van der Waals surface area contributed by atoms with Gasteiger partial charge in [0, 0.05) is 5.57 Å². The number of esters is 1. The smallest absolute Gasteiger partial charge is 0.413 e. The predicted molar refractivity (Wildman–Crippen MR) is 101 cm³/mol. The van der Waals surface area contributed by atoms with Crippen molar-refractivity contribution in [3.63, 3.8) is 0 Å². The number of alkyl halides is 33. The first kappa shape index (κ1) is 51.9. The van der Waals surface area contributed by atoms with Gasteiger partial charge < -0.3 is 4.74 Å². The molecular formula is C20H5F33O2. The Morgan fingerprint density at radius 2 is 0.527 bits per heavy atom. The Morgan fingerprint density at radius 3 is 0.727 bits per heavy atom. The number of carbonyl (C=O) groups is 1. The van der Waals surface area contributed by atoms with Gasteiger partial charge in [0.05, 0.1) is 0 Å². The van der Waals surface area contributed by atoms with Gasteiger partial charge >= 0.3 is 101 Å². The fraction of sp³-hybridized carbons (Fsp3) is 0.850. The molecule has 0 aromatic heterocycles. The predicted octanol–water partition coefficient (Wildman–Crippen LogP) is 11.2. The quantitative estimate of drug-likeness (QED) is 0.0986. The van der Waals surface area contributed by atoms with Crippen LogP contribution < -0.4 is 0 Å². The lowest BCUT2D eigenvalue weighted by molar-refractivity contribution is -0.501. The number of carbonyl (C=O) groups excluding carboxylic acids is 1. The molecule has 0 bridgehead atoms. The van der Waals surface area contributed by atoms with Crippen molar-refractivity contribution in [1.29, 1.82) is 0 Å². The molecule has 35 heteroatoms. The molecule has 0 N–H and O–H groups in total. The molecular weight excluding hydrogens is 899 g/mol. The molecule has 0 aliphatic heterocycles. The Kier molecular flexibility index (Phi) is 12.0. The van der Waals surface area contributed by atoms with Crippen molar-refractivity contribution in [2.75, 3.05) is 0 Å². The van der Waals surface area contributed by atoms with Crippen molar-refractivity contribution < 1.29 is 154 Å². The number of ether oxygens (including phenoxy) is 1. The summed E-state index contributed by atoms with van der Waals surface area (Å²) < 4.78 is 450. The molecule has 0 heterocycles. The summed E-state index contributed by atoms with van der Waals surface area (Å²) in [5.41, 5.74) is -11.8.